The maximum Gasteiger partial charge on any atom is 0.288 e. The molecule has 0 saturated heterocycles. The van der Waals surface area contributed by atoms with Crippen LogP contribution in [-0.2, 0) is 12.8 Å². The number of fused-ring (bicyclic) bond motifs is 2. The van der Waals surface area contributed by atoms with Crippen LogP contribution in [0.4, 0.5) is 17.1 Å². The van der Waals surface area contributed by atoms with Gasteiger partial charge in [0.05, 0.1) is 29.5 Å². The number of ether oxygens (including phenoxy) is 2. The minimum atomic E-state index is -0.607. The topological polar surface area (TPSA) is 189 Å². The normalized spacial score (nSPS) is 13.8. The number of nitrogens with one attached hydrogen (secondary N) is 5. The number of nitro benzene ring substituents is 1. The van der Waals surface area contributed by atoms with E-state index < -0.39 is 4.92 Å². The molecule has 1 saturated carbocycles. The Morgan fingerprint density at radius 1 is 0.783 bits per heavy atom. The minimum Gasteiger partial charge on any atom is -0.494 e. The molecule has 1 aliphatic rings. The smallest absolute Gasteiger partial charge is 0.288 e. The second-order valence-electron chi connectivity index (χ2n) is 15.3. The van der Waals surface area contributed by atoms with Gasteiger partial charge in [0, 0.05) is 69.5 Å². The molecule has 2 atom stereocenters. The first kappa shape index (κ1) is 43.4. The predicted octanol–water partition coefficient (Wildman–Crippen LogP) is 9.74. The summed E-state index contributed by atoms with van der Waals surface area (Å²) in [5.41, 5.74) is 12.5. The molecule has 0 radical (unpaired) electrons. The number of amides is 2. The lowest BCUT2D eigenvalue weighted by Gasteiger charge is -2.24. The third-order valence-electron chi connectivity index (χ3n) is 10.6. The molecule has 316 valence electrons. The number of anilines is 2. The average molecular weight is 836 g/mol. The van der Waals surface area contributed by atoms with Crippen molar-refractivity contribution in [3.05, 3.63) is 123 Å². The van der Waals surface area contributed by atoms with E-state index in [-0.39, 0.29) is 40.2 Å². The van der Waals surface area contributed by atoms with E-state index in [9.17, 15) is 19.7 Å². The molecule has 60 heavy (non-hydrogen) atoms. The van der Waals surface area contributed by atoms with E-state index >= 15 is 0 Å². The first-order valence-corrected chi connectivity index (χ1v) is 21.0. The molecule has 0 spiro atoms. The lowest BCUT2D eigenvalue weighted by atomic mass is 9.95. The fourth-order valence-corrected chi connectivity index (χ4v) is 7.82. The number of hydrogen-bond acceptors (Lipinski definition) is 8. The lowest BCUT2D eigenvalue weighted by molar-refractivity contribution is -0.384. The number of nitrogen functional groups attached to an aromatic ring is 1. The van der Waals surface area contributed by atoms with Crippen molar-refractivity contribution >= 4 is 62.3 Å². The van der Waals surface area contributed by atoms with Crippen LogP contribution in [-0.4, -0.2) is 58.0 Å². The van der Waals surface area contributed by atoms with Crippen LogP contribution >= 0.6 is 11.6 Å². The van der Waals surface area contributed by atoms with Gasteiger partial charge in [0.25, 0.3) is 17.5 Å². The van der Waals surface area contributed by atoms with Crippen molar-refractivity contribution in [1.29, 1.82) is 0 Å². The zero-order chi connectivity index (χ0) is 42.8. The van der Waals surface area contributed by atoms with E-state index in [1.165, 1.54) is 50.3 Å². The fraction of sp³-hybridized carbons (Fsp3) is 0.348. The third kappa shape index (κ3) is 11.1. The summed E-state index contributed by atoms with van der Waals surface area (Å²) in [7, 11) is 0. The fourth-order valence-electron chi connectivity index (χ4n) is 7.64. The number of nitro groups is 1. The molecule has 2 heterocycles. The van der Waals surface area contributed by atoms with Gasteiger partial charge in [0.1, 0.15) is 16.5 Å². The Morgan fingerprint density at radius 3 is 1.80 bits per heavy atom. The molecule has 6 aromatic rings. The van der Waals surface area contributed by atoms with Crippen LogP contribution in [0.1, 0.15) is 91.6 Å². The van der Waals surface area contributed by atoms with Crippen molar-refractivity contribution in [2.45, 2.75) is 90.8 Å². The number of benzene rings is 4. The molecule has 7 N–H and O–H groups in total. The summed E-state index contributed by atoms with van der Waals surface area (Å²) in [6, 6.07) is 21.7. The van der Waals surface area contributed by atoms with Gasteiger partial charge in [-0.15, -0.1) is 0 Å². The summed E-state index contributed by atoms with van der Waals surface area (Å²) in [6.07, 6.45) is 11.4. The zero-order valence-corrected chi connectivity index (χ0v) is 35.3. The first-order valence-electron chi connectivity index (χ1n) is 20.6. The molecule has 0 aliphatic heterocycles. The summed E-state index contributed by atoms with van der Waals surface area (Å²) >= 11 is 5.80. The second kappa shape index (κ2) is 20.2. The highest BCUT2D eigenvalue weighted by Crippen LogP contribution is 2.29. The number of rotatable bonds is 15. The standard InChI is InChI=1S/C26H34N4O2.C20H20ClN3O4/c1-3-32-21-10-12-24-22(15-21)19(16-28-24)13-17(2)29-26(31)18-9-11-25(23(27)14-18)30-20-7-5-4-6-8-20;1-3-28-15-5-7-18-16(10-15)14(11-22-18)8-12(2)23-20(25)13-4-6-17(21)19(9-13)24(26)27/h9-12,14-17,20,28,30H,3-8,13,27H2,1-2H3,(H,29,31);4-7,9-12,22H,3,8H2,1-2H3,(H,23,25)/t17-;12-/m11/s1. The maximum atomic E-state index is 12.8. The molecule has 2 amide bonds. The summed E-state index contributed by atoms with van der Waals surface area (Å²) < 4.78 is 11.2. The highest BCUT2D eigenvalue weighted by molar-refractivity contribution is 6.32. The largest absolute Gasteiger partial charge is 0.494 e. The van der Waals surface area contributed by atoms with Crippen molar-refractivity contribution < 1.29 is 24.0 Å². The van der Waals surface area contributed by atoms with E-state index in [0.29, 0.717) is 36.9 Å². The molecule has 13 nitrogen and oxygen atoms in total. The van der Waals surface area contributed by atoms with Crippen LogP contribution in [0.3, 0.4) is 0 Å². The Balaban J connectivity index is 0.000000203. The van der Waals surface area contributed by atoms with Gasteiger partial charge in [-0.25, -0.2) is 0 Å². The van der Waals surface area contributed by atoms with Gasteiger partial charge in [-0.2, -0.15) is 0 Å². The number of carbonyl (C=O) groups is 2. The van der Waals surface area contributed by atoms with Crippen molar-refractivity contribution in [1.82, 2.24) is 20.6 Å². The van der Waals surface area contributed by atoms with Gasteiger partial charge in [-0.1, -0.05) is 30.9 Å². The van der Waals surface area contributed by atoms with E-state index in [1.807, 2.05) is 82.6 Å². The Bertz CT molecular complexity index is 2440. The molecular weight excluding hydrogens is 782 g/mol. The molecule has 2 aromatic heterocycles. The van der Waals surface area contributed by atoms with Crippen molar-refractivity contribution in [2.24, 2.45) is 0 Å². The van der Waals surface area contributed by atoms with Gasteiger partial charge in [-0.05, 0) is 131 Å². The minimum absolute atomic E-state index is 0.00139. The number of nitrogens with zero attached hydrogens (tertiary/aromatic N) is 1. The second-order valence-corrected chi connectivity index (χ2v) is 15.7. The quantitative estimate of drug-likeness (QED) is 0.0335. The molecular formula is C46H54ClN7O6. The maximum absolute atomic E-state index is 12.8. The van der Waals surface area contributed by atoms with Crippen LogP contribution in [0.2, 0.25) is 5.02 Å². The van der Waals surface area contributed by atoms with Crippen molar-refractivity contribution in [3.63, 3.8) is 0 Å². The first-order chi connectivity index (χ1) is 28.9. The monoisotopic (exact) mass is 835 g/mol. The number of aromatic amines is 2. The highest BCUT2D eigenvalue weighted by atomic mass is 35.5. The highest BCUT2D eigenvalue weighted by Gasteiger charge is 2.20. The van der Waals surface area contributed by atoms with Gasteiger partial charge in [0.2, 0.25) is 0 Å². The van der Waals surface area contributed by atoms with Crippen LogP contribution in [0.15, 0.2) is 85.2 Å². The number of aromatic nitrogens is 2. The Morgan fingerprint density at radius 2 is 1.30 bits per heavy atom. The average Bonchev–Trinajstić information content (AvgIpc) is 3.82. The molecule has 1 fully saturated rings. The summed E-state index contributed by atoms with van der Waals surface area (Å²) in [5, 5.41) is 22.7. The van der Waals surface area contributed by atoms with Crippen LogP contribution in [0.25, 0.3) is 21.8 Å². The summed E-state index contributed by atoms with van der Waals surface area (Å²) in [5.74, 6) is 1.15. The number of halogens is 1. The molecule has 0 unspecified atom stereocenters. The van der Waals surface area contributed by atoms with Gasteiger partial charge < -0.3 is 41.1 Å². The van der Waals surface area contributed by atoms with E-state index in [1.54, 1.807) is 6.07 Å². The zero-order valence-electron chi connectivity index (χ0n) is 34.5. The van der Waals surface area contributed by atoms with Crippen LogP contribution in [0, 0.1) is 10.1 Å². The van der Waals surface area contributed by atoms with Crippen LogP contribution < -0.4 is 31.2 Å². The molecule has 4 aromatic carbocycles. The SMILES string of the molecule is CCOc1ccc2[nH]cc(C[C@@H](C)NC(=O)c3ccc(Cl)c([N+](=O)[O-])c3)c2c1.CCOc1ccc2[nH]cc(C[C@@H](C)NC(=O)c3ccc(NC4CCCCC4)c(N)c3)c2c1. The molecule has 1 aliphatic carbocycles. The molecule has 0 bridgehead atoms. The van der Waals surface area contributed by atoms with Crippen molar-refractivity contribution in [3.8, 4) is 11.5 Å². The number of H-pyrrole nitrogens is 2. The Labute approximate surface area is 354 Å². The third-order valence-corrected chi connectivity index (χ3v) is 10.9. The van der Waals surface area contributed by atoms with Gasteiger partial charge >= 0.3 is 0 Å². The van der Waals surface area contributed by atoms with Crippen molar-refractivity contribution in [2.75, 3.05) is 24.3 Å². The van der Waals surface area contributed by atoms with Gasteiger partial charge in [0.15, 0.2) is 0 Å². The van der Waals surface area contributed by atoms with E-state index in [0.717, 1.165) is 56.5 Å². The molecule has 7 rings (SSSR count). The Hall–Kier alpha value is -6.21. The van der Waals surface area contributed by atoms with E-state index in [2.05, 4.69) is 32.0 Å². The Kier molecular flexibility index (Phi) is 14.6. The molecule has 14 heteroatoms. The van der Waals surface area contributed by atoms with Crippen LogP contribution in [0.5, 0.6) is 11.5 Å². The van der Waals surface area contributed by atoms with Gasteiger partial charge in [-0.3, -0.25) is 19.7 Å². The number of nitrogens with two attached hydrogens (primary N) is 1. The summed E-state index contributed by atoms with van der Waals surface area (Å²) in [6.45, 7) is 9.03. The summed E-state index contributed by atoms with van der Waals surface area (Å²) in [4.78, 5) is 42.2. The predicted molar refractivity (Wildman–Crippen MR) is 240 cm³/mol. The lowest BCUT2D eigenvalue weighted by Crippen LogP contribution is -2.34. The number of carbonyl (C=O) groups excluding carboxylic acids is 2. The number of hydrogen-bond donors (Lipinski definition) is 6. The van der Waals surface area contributed by atoms with E-state index in [4.69, 9.17) is 26.8 Å².